The summed E-state index contributed by atoms with van der Waals surface area (Å²) in [5.41, 5.74) is 5.65. The van der Waals surface area contributed by atoms with Gasteiger partial charge in [-0.2, -0.15) is 0 Å². The molecule has 6 heteroatoms. The smallest absolute Gasteiger partial charge is 0.242 e. The Bertz CT molecular complexity index is 507. The molecule has 0 saturated carbocycles. The maximum atomic E-state index is 12.1. The number of rotatable bonds is 3. The van der Waals surface area contributed by atoms with E-state index in [4.69, 9.17) is 17.3 Å². The summed E-state index contributed by atoms with van der Waals surface area (Å²) in [5.74, 6) is 0. The van der Waals surface area contributed by atoms with E-state index in [-0.39, 0.29) is 16.5 Å². The Kier molecular flexibility index (Phi) is 4.19. The SMILES string of the molecule is CC(C)(C)NS(=O)(=O)c1cc(CN)ccc1Cl. The number of nitrogens with one attached hydrogen (secondary N) is 1. The zero-order valence-electron chi connectivity index (χ0n) is 10.1. The van der Waals surface area contributed by atoms with Gasteiger partial charge in [-0.3, -0.25) is 0 Å². The van der Waals surface area contributed by atoms with Crippen LogP contribution in [0.2, 0.25) is 5.02 Å². The topological polar surface area (TPSA) is 72.2 Å². The molecule has 0 amide bonds. The average Bonchev–Trinajstić information content (AvgIpc) is 2.14. The van der Waals surface area contributed by atoms with Crippen LogP contribution in [-0.4, -0.2) is 14.0 Å². The van der Waals surface area contributed by atoms with Crippen molar-refractivity contribution in [3.63, 3.8) is 0 Å². The lowest BCUT2D eigenvalue weighted by Gasteiger charge is -2.21. The monoisotopic (exact) mass is 276 g/mol. The highest BCUT2D eigenvalue weighted by Crippen LogP contribution is 2.23. The van der Waals surface area contributed by atoms with E-state index >= 15 is 0 Å². The van der Waals surface area contributed by atoms with Crippen molar-refractivity contribution >= 4 is 21.6 Å². The van der Waals surface area contributed by atoms with E-state index in [0.29, 0.717) is 0 Å². The van der Waals surface area contributed by atoms with Crippen LogP contribution >= 0.6 is 11.6 Å². The molecule has 1 aromatic carbocycles. The van der Waals surface area contributed by atoms with Crippen LogP contribution in [0.25, 0.3) is 0 Å². The van der Waals surface area contributed by atoms with Gasteiger partial charge in [0, 0.05) is 12.1 Å². The summed E-state index contributed by atoms with van der Waals surface area (Å²) in [7, 11) is -3.62. The zero-order valence-corrected chi connectivity index (χ0v) is 11.7. The Labute approximate surface area is 107 Å². The molecule has 96 valence electrons. The second-order valence-electron chi connectivity index (χ2n) is 4.82. The summed E-state index contributed by atoms with van der Waals surface area (Å²) in [6.07, 6.45) is 0. The molecule has 0 unspecified atom stereocenters. The molecule has 0 saturated heterocycles. The summed E-state index contributed by atoms with van der Waals surface area (Å²) in [5, 5.41) is 0.193. The van der Waals surface area contributed by atoms with Crippen LogP contribution in [0.3, 0.4) is 0 Å². The number of sulfonamides is 1. The van der Waals surface area contributed by atoms with Crippen LogP contribution in [-0.2, 0) is 16.6 Å². The first-order chi connectivity index (χ1) is 7.65. The van der Waals surface area contributed by atoms with Crippen LogP contribution in [0.5, 0.6) is 0 Å². The Balaban J connectivity index is 3.23. The van der Waals surface area contributed by atoms with Gasteiger partial charge in [0.2, 0.25) is 10.0 Å². The van der Waals surface area contributed by atoms with Crippen molar-refractivity contribution in [3.8, 4) is 0 Å². The molecule has 0 atom stereocenters. The van der Waals surface area contributed by atoms with Crippen molar-refractivity contribution in [2.45, 2.75) is 37.8 Å². The number of hydrogen-bond acceptors (Lipinski definition) is 3. The summed E-state index contributed by atoms with van der Waals surface area (Å²) < 4.78 is 26.8. The molecular formula is C11H17ClN2O2S. The molecule has 0 aliphatic carbocycles. The lowest BCUT2D eigenvalue weighted by Crippen LogP contribution is -2.40. The molecule has 0 aliphatic rings. The third-order valence-electron chi connectivity index (χ3n) is 1.96. The molecule has 1 aromatic rings. The second-order valence-corrected chi connectivity index (χ2v) is 6.88. The van der Waals surface area contributed by atoms with Gasteiger partial charge in [0.25, 0.3) is 0 Å². The Morgan fingerprint density at radius 1 is 1.35 bits per heavy atom. The lowest BCUT2D eigenvalue weighted by atomic mass is 10.1. The minimum atomic E-state index is -3.62. The van der Waals surface area contributed by atoms with Gasteiger partial charge < -0.3 is 5.73 Å². The van der Waals surface area contributed by atoms with Crippen LogP contribution < -0.4 is 10.5 Å². The summed E-state index contributed by atoms with van der Waals surface area (Å²) in [6.45, 7) is 5.58. The highest BCUT2D eigenvalue weighted by molar-refractivity contribution is 7.89. The number of hydrogen-bond donors (Lipinski definition) is 2. The molecule has 0 fully saturated rings. The van der Waals surface area contributed by atoms with E-state index in [1.54, 1.807) is 32.9 Å². The van der Waals surface area contributed by atoms with Gasteiger partial charge in [-0.15, -0.1) is 0 Å². The minimum absolute atomic E-state index is 0.0667. The normalized spacial score (nSPS) is 12.8. The lowest BCUT2D eigenvalue weighted by molar-refractivity contribution is 0.491. The van der Waals surface area contributed by atoms with Gasteiger partial charge >= 0.3 is 0 Å². The molecule has 3 N–H and O–H groups in total. The van der Waals surface area contributed by atoms with E-state index < -0.39 is 15.6 Å². The molecule has 1 rings (SSSR count). The van der Waals surface area contributed by atoms with E-state index in [1.807, 2.05) is 0 Å². The maximum absolute atomic E-state index is 12.1. The predicted octanol–water partition coefficient (Wildman–Crippen LogP) is 1.88. The third-order valence-corrected chi connectivity index (χ3v) is 4.20. The van der Waals surface area contributed by atoms with Crippen molar-refractivity contribution < 1.29 is 8.42 Å². The van der Waals surface area contributed by atoms with Crippen molar-refractivity contribution in [3.05, 3.63) is 28.8 Å². The van der Waals surface area contributed by atoms with E-state index in [9.17, 15) is 8.42 Å². The van der Waals surface area contributed by atoms with Crippen molar-refractivity contribution in [1.29, 1.82) is 0 Å². The van der Waals surface area contributed by atoms with Gasteiger partial charge in [-0.05, 0) is 38.5 Å². The van der Waals surface area contributed by atoms with Crippen molar-refractivity contribution in [1.82, 2.24) is 4.72 Å². The molecule has 0 bridgehead atoms. The highest BCUT2D eigenvalue weighted by Gasteiger charge is 2.24. The van der Waals surface area contributed by atoms with E-state index in [0.717, 1.165) is 5.56 Å². The van der Waals surface area contributed by atoms with Crippen LogP contribution in [0.1, 0.15) is 26.3 Å². The van der Waals surface area contributed by atoms with Crippen LogP contribution in [0.4, 0.5) is 0 Å². The maximum Gasteiger partial charge on any atom is 0.242 e. The zero-order chi connectivity index (χ0) is 13.3. The molecule has 0 aromatic heterocycles. The third kappa shape index (κ3) is 3.96. The highest BCUT2D eigenvalue weighted by atomic mass is 35.5. The first-order valence-electron chi connectivity index (χ1n) is 5.18. The number of nitrogens with two attached hydrogens (primary N) is 1. The summed E-state index contributed by atoms with van der Waals surface area (Å²) >= 11 is 5.91. The minimum Gasteiger partial charge on any atom is -0.326 e. The molecular weight excluding hydrogens is 260 g/mol. The fraction of sp³-hybridized carbons (Fsp3) is 0.455. The molecule has 0 spiro atoms. The Morgan fingerprint density at radius 2 is 1.94 bits per heavy atom. The summed E-state index contributed by atoms with van der Waals surface area (Å²) in [4.78, 5) is 0.0667. The quantitative estimate of drug-likeness (QED) is 0.885. The van der Waals surface area contributed by atoms with Crippen LogP contribution in [0, 0.1) is 0 Å². The second kappa shape index (κ2) is 4.94. The van der Waals surface area contributed by atoms with Gasteiger partial charge in [0.15, 0.2) is 0 Å². The molecule has 4 nitrogen and oxygen atoms in total. The molecule has 0 aliphatic heterocycles. The van der Waals surface area contributed by atoms with Crippen molar-refractivity contribution in [2.75, 3.05) is 0 Å². The largest absolute Gasteiger partial charge is 0.326 e. The first kappa shape index (κ1) is 14.4. The van der Waals surface area contributed by atoms with E-state index in [1.165, 1.54) is 6.07 Å². The van der Waals surface area contributed by atoms with Gasteiger partial charge in [0.1, 0.15) is 4.90 Å². The fourth-order valence-electron chi connectivity index (χ4n) is 1.34. The Morgan fingerprint density at radius 3 is 2.41 bits per heavy atom. The van der Waals surface area contributed by atoms with Gasteiger partial charge in [-0.1, -0.05) is 17.7 Å². The standard InChI is InChI=1S/C11H17ClN2O2S/c1-11(2,3)14-17(15,16)10-6-8(7-13)4-5-9(10)12/h4-6,14H,7,13H2,1-3H3. The Hall–Kier alpha value is -0.620. The molecule has 0 heterocycles. The van der Waals surface area contributed by atoms with Crippen molar-refractivity contribution in [2.24, 2.45) is 5.73 Å². The average molecular weight is 277 g/mol. The predicted molar refractivity (Wildman–Crippen MR) is 69.4 cm³/mol. The summed E-state index contributed by atoms with van der Waals surface area (Å²) in [6, 6.07) is 4.75. The molecule has 17 heavy (non-hydrogen) atoms. The van der Waals surface area contributed by atoms with Gasteiger partial charge in [-0.25, -0.2) is 13.1 Å². The first-order valence-corrected chi connectivity index (χ1v) is 7.04. The van der Waals surface area contributed by atoms with E-state index in [2.05, 4.69) is 4.72 Å². The molecule has 0 radical (unpaired) electrons. The van der Waals surface area contributed by atoms with Gasteiger partial charge in [0.05, 0.1) is 5.02 Å². The number of benzene rings is 1. The van der Waals surface area contributed by atoms with Crippen LogP contribution in [0.15, 0.2) is 23.1 Å². The fourth-order valence-corrected chi connectivity index (χ4v) is 3.31. The number of halogens is 1.